The van der Waals surface area contributed by atoms with Gasteiger partial charge in [-0.25, -0.2) is 4.98 Å². The van der Waals surface area contributed by atoms with Gasteiger partial charge in [-0.1, -0.05) is 18.2 Å². The fourth-order valence-corrected chi connectivity index (χ4v) is 4.39. The Bertz CT molecular complexity index is 1270. The molecule has 0 radical (unpaired) electrons. The van der Waals surface area contributed by atoms with Gasteiger partial charge in [-0.2, -0.15) is 0 Å². The fourth-order valence-electron chi connectivity index (χ4n) is 4.39. The first-order chi connectivity index (χ1) is 15.0. The average molecular weight is 416 g/mol. The number of anilines is 1. The number of amides is 3. The number of nitrogens with zero attached hydrogens (tertiary/aromatic N) is 2. The zero-order valence-electron chi connectivity index (χ0n) is 16.8. The van der Waals surface area contributed by atoms with Crippen molar-refractivity contribution < 1.29 is 19.1 Å². The zero-order chi connectivity index (χ0) is 21.7. The summed E-state index contributed by atoms with van der Waals surface area (Å²) in [6.07, 6.45) is 0.557. The van der Waals surface area contributed by atoms with Gasteiger partial charge in [0.2, 0.25) is 11.8 Å². The van der Waals surface area contributed by atoms with E-state index in [1.165, 1.54) is 4.90 Å². The van der Waals surface area contributed by atoms with Gasteiger partial charge in [0.15, 0.2) is 0 Å². The van der Waals surface area contributed by atoms with Gasteiger partial charge in [0, 0.05) is 34.9 Å². The van der Waals surface area contributed by atoms with Gasteiger partial charge < -0.3 is 15.4 Å². The molecule has 156 valence electrons. The lowest BCUT2D eigenvalue weighted by Crippen LogP contribution is -2.52. The molecule has 5 rings (SSSR count). The van der Waals surface area contributed by atoms with Gasteiger partial charge in [-0.15, -0.1) is 0 Å². The molecular formula is C23H20N4O4. The molecule has 3 aromatic rings. The summed E-state index contributed by atoms with van der Waals surface area (Å²) >= 11 is 0. The minimum Gasteiger partial charge on any atom is -0.496 e. The molecule has 2 aromatic carbocycles. The number of pyridine rings is 1. The smallest absolute Gasteiger partial charge is 0.255 e. The molecule has 3 heterocycles. The van der Waals surface area contributed by atoms with Crippen molar-refractivity contribution in [3.05, 3.63) is 53.6 Å². The summed E-state index contributed by atoms with van der Waals surface area (Å²) in [6, 6.07) is 12.4. The van der Waals surface area contributed by atoms with Crippen LogP contribution in [0.2, 0.25) is 0 Å². The number of aromatic nitrogens is 1. The van der Waals surface area contributed by atoms with E-state index >= 15 is 0 Å². The second kappa shape index (κ2) is 7.09. The molecule has 1 fully saturated rings. The molecule has 8 nitrogen and oxygen atoms in total. The van der Waals surface area contributed by atoms with E-state index in [4.69, 9.17) is 10.5 Å². The largest absolute Gasteiger partial charge is 0.496 e. The highest BCUT2D eigenvalue weighted by Gasteiger charge is 2.39. The Labute approximate surface area is 178 Å². The van der Waals surface area contributed by atoms with Gasteiger partial charge >= 0.3 is 0 Å². The van der Waals surface area contributed by atoms with E-state index in [0.717, 1.165) is 21.9 Å². The van der Waals surface area contributed by atoms with Crippen molar-refractivity contribution >= 4 is 34.3 Å². The Balaban J connectivity index is 1.55. The van der Waals surface area contributed by atoms with E-state index in [0.29, 0.717) is 35.8 Å². The maximum absolute atomic E-state index is 12.9. The summed E-state index contributed by atoms with van der Waals surface area (Å²) in [4.78, 5) is 42.7. The standard InChI is InChI=1S/C23H20N4O4/c1-31-18-4-2-3-15-16(18)10-19(24)25-21(15)12-5-6-14-13(9-12)11-27(23(14)30)17-7-8-20(28)26-22(17)29/h2-6,9-10,17H,7-8,11H2,1H3,(H2,24,25)(H,26,28,29). The van der Waals surface area contributed by atoms with Crippen LogP contribution in [-0.4, -0.2) is 40.8 Å². The summed E-state index contributed by atoms with van der Waals surface area (Å²) in [5, 5.41) is 4.06. The van der Waals surface area contributed by atoms with Crippen LogP contribution >= 0.6 is 0 Å². The van der Waals surface area contributed by atoms with Crippen molar-refractivity contribution in [3.63, 3.8) is 0 Å². The third kappa shape index (κ3) is 3.07. The van der Waals surface area contributed by atoms with Crippen LogP contribution in [0.3, 0.4) is 0 Å². The average Bonchev–Trinajstić information content (AvgIpc) is 3.08. The maximum Gasteiger partial charge on any atom is 0.255 e. The first-order valence-electron chi connectivity index (χ1n) is 9.97. The molecule has 0 saturated carbocycles. The van der Waals surface area contributed by atoms with Crippen LogP contribution in [-0.2, 0) is 16.1 Å². The minimum atomic E-state index is -0.642. The number of carbonyl (C=O) groups is 3. The van der Waals surface area contributed by atoms with Crippen molar-refractivity contribution in [3.8, 4) is 17.0 Å². The van der Waals surface area contributed by atoms with E-state index < -0.39 is 11.9 Å². The number of rotatable bonds is 3. The minimum absolute atomic E-state index is 0.205. The predicted octanol–water partition coefficient (Wildman–Crippen LogP) is 2.25. The number of benzene rings is 2. The summed E-state index contributed by atoms with van der Waals surface area (Å²) in [5.74, 6) is 0.140. The number of fused-ring (bicyclic) bond motifs is 2. The molecule has 0 spiro atoms. The quantitative estimate of drug-likeness (QED) is 0.633. The Morgan fingerprint density at radius 1 is 1.13 bits per heavy atom. The molecule has 0 aliphatic carbocycles. The molecule has 1 unspecified atom stereocenters. The summed E-state index contributed by atoms with van der Waals surface area (Å²) < 4.78 is 5.46. The van der Waals surface area contributed by atoms with Gasteiger partial charge in [0.1, 0.15) is 17.6 Å². The molecule has 1 saturated heterocycles. The lowest BCUT2D eigenvalue weighted by Gasteiger charge is -2.29. The van der Waals surface area contributed by atoms with Crippen molar-refractivity contribution in [2.45, 2.75) is 25.4 Å². The molecular weight excluding hydrogens is 396 g/mol. The van der Waals surface area contributed by atoms with Crippen LogP contribution < -0.4 is 15.8 Å². The van der Waals surface area contributed by atoms with Gasteiger partial charge in [-0.3, -0.25) is 19.7 Å². The van der Waals surface area contributed by atoms with E-state index in [1.54, 1.807) is 19.2 Å². The van der Waals surface area contributed by atoms with Crippen LogP contribution in [0.25, 0.3) is 22.0 Å². The molecule has 2 aliphatic rings. The van der Waals surface area contributed by atoms with E-state index in [-0.39, 0.29) is 18.2 Å². The Morgan fingerprint density at radius 3 is 2.74 bits per heavy atom. The Hall–Kier alpha value is -3.94. The van der Waals surface area contributed by atoms with Crippen LogP contribution in [0.15, 0.2) is 42.5 Å². The van der Waals surface area contributed by atoms with Crippen LogP contribution in [0.5, 0.6) is 5.75 Å². The second-order valence-electron chi connectivity index (χ2n) is 7.72. The summed E-state index contributed by atoms with van der Waals surface area (Å²) in [5.41, 5.74) is 8.95. The number of nitrogen functional groups attached to an aromatic ring is 1. The SMILES string of the molecule is COc1cccc2c(-c3ccc4c(c3)CN(C3CCC(=O)NC3=O)C4=O)nc(N)cc12. The van der Waals surface area contributed by atoms with Gasteiger partial charge in [0.05, 0.1) is 12.8 Å². The summed E-state index contributed by atoms with van der Waals surface area (Å²) in [6.45, 7) is 0.303. The normalized spacial score (nSPS) is 18.3. The monoisotopic (exact) mass is 416 g/mol. The Kier molecular flexibility index (Phi) is 4.35. The second-order valence-corrected chi connectivity index (χ2v) is 7.72. The van der Waals surface area contributed by atoms with Crippen molar-refractivity contribution in [1.82, 2.24) is 15.2 Å². The maximum atomic E-state index is 12.9. The number of imide groups is 1. The molecule has 3 N–H and O–H groups in total. The van der Waals surface area contributed by atoms with Crippen LogP contribution in [0.4, 0.5) is 5.82 Å². The van der Waals surface area contributed by atoms with E-state index in [2.05, 4.69) is 10.3 Å². The highest BCUT2D eigenvalue weighted by molar-refractivity contribution is 6.06. The third-order valence-electron chi connectivity index (χ3n) is 5.87. The molecule has 8 heteroatoms. The van der Waals surface area contributed by atoms with Crippen LogP contribution in [0, 0.1) is 0 Å². The first-order valence-corrected chi connectivity index (χ1v) is 9.97. The lowest BCUT2D eigenvalue weighted by molar-refractivity contribution is -0.136. The molecule has 1 aromatic heterocycles. The third-order valence-corrected chi connectivity index (χ3v) is 5.87. The molecule has 3 amide bonds. The van der Waals surface area contributed by atoms with Gasteiger partial charge in [0.25, 0.3) is 5.91 Å². The number of nitrogens with one attached hydrogen (secondary N) is 1. The van der Waals surface area contributed by atoms with Crippen molar-refractivity contribution in [1.29, 1.82) is 0 Å². The Morgan fingerprint density at radius 2 is 1.97 bits per heavy atom. The fraction of sp³-hybridized carbons (Fsp3) is 0.217. The van der Waals surface area contributed by atoms with Crippen molar-refractivity contribution in [2.75, 3.05) is 12.8 Å². The first kappa shape index (κ1) is 19.0. The zero-order valence-corrected chi connectivity index (χ0v) is 16.8. The number of ether oxygens (including phenoxy) is 1. The number of methoxy groups -OCH3 is 1. The predicted molar refractivity (Wildman–Crippen MR) is 114 cm³/mol. The molecule has 0 bridgehead atoms. The van der Waals surface area contributed by atoms with Crippen molar-refractivity contribution in [2.24, 2.45) is 0 Å². The van der Waals surface area contributed by atoms with E-state index in [9.17, 15) is 14.4 Å². The molecule has 1 atom stereocenters. The number of carbonyl (C=O) groups excluding carboxylic acids is 3. The topological polar surface area (TPSA) is 115 Å². The number of nitrogens with two attached hydrogens (primary N) is 1. The van der Waals surface area contributed by atoms with Gasteiger partial charge in [-0.05, 0) is 36.2 Å². The highest BCUT2D eigenvalue weighted by Crippen LogP contribution is 2.36. The van der Waals surface area contributed by atoms with Crippen LogP contribution in [0.1, 0.15) is 28.8 Å². The lowest BCUT2D eigenvalue weighted by atomic mass is 9.99. The molecule has 31 heavy (non-hydrogen) atoms. The van der Waals surface area contributed by atoms with E-state index in [1.807, 2.05) is 30.3 Å². The summed E-state index contributed by atoms with van der Waals surface area (Å²) in [7, 11) is 1.61. The number of hydrogen-bond acceptors (Lipinski definition) is 6. The number of piperidine rings is 1. The highest BCUT2D eigenvalue weighted by atomic mass is 16.5. The molecule has 2 aliphatic heterocycles. The number of hydrogen-bond donors (Lipinski definition) is 2.